The van der Waals surface area contributed by atoms with Crippen LogP contribution in [0.5, 0.6) is 0 Å². The van der Waals surface area contributed by atoms with E-state index in [4.69, 9.17) is 0 Å². The number of fused-ring (bicyclic) bond motifs is 15. The lowest BCUT2D eigenvalue weighted by atomic mass is 9.70. The van der Waals surface area contributed by atoms with Crippen molar-refractivity contribution in [1.82, 2.24) is 9.13 Å². The molecule has 0 N–H and O–H groups in total. The lowest BCUT2D eigenvalue weighted by Crippen LogP contribution is -2.25. The monoisotopic (exact) mass is 824 g/mol. The third-order valence-corrected chi connectivity index (χ3v) is 14.3. The topological polar surface area (TPSA) is 9.86 Å². The minimum Gasteiger partial charge on any atom is -0.307 e. The fourth-order valence-corrected chi connectivity index (χ4v) is 11.8. The average Bonchev–Trinajstić information content (AvgIpc) is 4.09. The van der Waals surface area contributed by atoms with Gasteiger partial charge in [0, 0.05) is 33.1 Å². The Morgan fingerprint density at radius 1 is 0.277 bits per heavy atom. The first-order valence-corrected chi connectivity index (χ1v) is 22.6. The molecule has 14 rings (SSSR count). The first kappa shape index (κ1) is 36.1. The maximum atomic E-state index is 2.51. The van der Waals surface area contributed by atoms with Crippen LogP contribution >= 0.6 is 0 Å². The molecule has 0 atom stereocenters. The molecule has 2 aliphatic carbocycles. The number of rotatable bonds is 5. The zero-order valence-electron chi connectivity index (χ0n) is 35.5. The molecule has 302 valence electrons. The molecule has 0 bridgehead atoms. The van der Waals surface area contributed by atoms with Gasteiger partial charge in [0.1, 0.15) is 0 Å². The van der Waals surface area contributed by atoms with E-state index in [0.717, 1.165) is 11.4 Å². The van der Waals surface area contributed by atoms with Crippen molar-refractivity contribution >= 4 is 32.7 Å². The second-order valence-corrected chi connectivity index (χ2v) is 17.5. The smallest absolute Gasteiger partial charge is 0.0789 e. The van der Waals surface area contributed by atoms with Crippen molar-refractivity contribution in [1.29, 1.82) is 0 Å². The zero-order valence-corrected chi connectivity index (χ0v) is 35.5. The number of nitrogens with zero attached hydrogens (tertiary/aromatic N) is 2. The van der Waals surface area contributed by atoms with Gasteiger partial charge in [-0.2, -0.15) is 0 Å². The summed E-state index contributed by atoms with van der Waals surface area (Å²) in [7, 11) is 0. The van der Waals surface area contributed by atoms with Gasteiger partial charge in [-0.15, -0.1) is 0 Å². The van der Waals surface area contributed by atoms with Crippen molar-refractivity contribution < 1.29 is 0 Å². The van der Waals surface area contributed by atoms with Crippen molar-refractivity contribution in [3.63, 3.8) is 0 Å². The lowest BCUT2D eigenvalue weighted by Gasteiger charge is -2.30. The Morgan fingerprint density at radius 3 is 1.40 bits per heavy atom. The highest BCUT2D eigenvalue weighted by molar-refractivity contribution is 6.22. The Bertz CT molecular complexity index is 3790. The Kier molecular flexibility index (Phi) is 7.64. The quantitative estimate of drug-likeness (QED) is 0.164. The standard InChI is InChI=1S/C63H40N2/c1-4-18-42(19-5-1)59-53-39-38-52-51-27-13-17-31-58(51)64(61(52)62(53)65(45-22-8-3-9-23-45)60(59)43-20-6-2-7-21-43)46-35-32-41(33-36-46)44-34-37-50-49-26-12-16-30-56(49)63(57(50)40-44)54-28-14-10-24-47(54)48-25-11-15-29-55(48)63/h1-40H. The molecule has 0 aliphatic heterocycles. The minimum atomic E-state index is -0.381. The van der Waals surface area contributed by atoms with Gasteiger partial charge in [0.05, 0.1) is 27.7 Å². The van der Waals surface area contributed by atoms with E-state index < -0.39 is 0 Å². The van der Waals surface area contributed by atoms with Gasteiger partial charge >= 0.3 is 0 Å². The summed E-state index contributed by atoms with van der Waals surface area (Å²) < 4.78 is 5.01. The summed E-state index contributed by atoms with van der Waals surface area (Å²) in [6.07, 6.45) is 0. The zero-order chi connectivity index (χ0) is 42.6. The molecule has 0 radical (unpaired) electrons. The van der Waals surface area contributed by atoms with Crippen LogP contribution in [0.2, 0.25) is 0 Å². The van der Waals surface area contributed by atoms with Gasteiger partial charge in [-0.05, 0) is 103 Å². The Morgan fingerprint density at radius 2 is 0.754 bits per heavy atom. The van der Waals surface area contributed by atoms with Crippen molar-refractivity contribution in [2.45, 2.75) is 5.41 Å². The van der Waals surface area contributed by atoms with Crippen molar-refractivity contribution in [3.8, 4) is 67.1 Å². The fourth-order valence-electron chi connectivity index (χ4n) is 11.8. The first-order valence-electron chi connectivity index (χ1n) is 22.6. The van der Waals surface area contributed by atoms with Crippen LogP contribution in [-0.4, -0.2) is 9.13 Å². The minimum absolute atomic E-state index is 0.381. The lowest BCUT2D eigenvalue weighted by molar-refractivity contribution is 0.794. The van der Waals surface area contributed by atoms with Crippen molar-refractivity contribution in [3.05, 3.63) is 265 Å². The van der Waals surface area contributed by atoms with Gasteiger partial charge in [0.2, 0.25) is 0 Å². The molecule has 2 aliphatic rings. The normalized spacial score (nSPS) is 13.0. The van der Waals surface area contributed by atoms with E-state index in [2.05, 4.69) is 252 Å². The molecule has 12 aromatic rings. The Balaban J connectivity index is 1.00. The van der Waals surface area contributed by atoms with E-state index in [1.165, 1.54) is 111 Å². The predicted molar refractivity (Wildman–Crippen MR) is 270 cm³/mol. The van der Waals surface area contributed by atoms with E-state index in [9.17, 15) is 0 Å². The van der Waals surface area contributed by atoms with Gasteiger partial charge in [-0.25, -0.2) is 0 Å². The summed E-state index contributed by atoms with van der Waals surface area (Å²) in [6.45, 7) is 0. The molecular formula is C63H40N2. The van der Waals surface area contributed by atoms with Crippen LogP contribution in [0.25, 0.3) is 99.8 Å². The molecule has 0 amide bonds. The van der Waals surface area contributed by atoms with Gasteiger partial charge < -0.3 is 9.13 Å². The molecule has 1 spiro atoms. The summed E-state index contributed by atoms with van der Waals surface area (Å²) in [6, 6.07) is 89.9. The third kappa shape index (κ3) is 4.94. The Hall–Kier alpha value is -8.46. The average molecular weight is 825 g/mol. The molecule has 10 aromatic carbocycles. The van der Waals surface area contributed by atoms with Gasteiger partial charge in [0.25, 0.3) is 0 Å². The highest BCUT2D eigenvalue weighted by Gasteiger charge is 2.51. The predicted octanol–water partition coefficient (Wildman–Crippen LogP) is 16.1. The van der Waals surface area contributed by atoms with Crippen LogP contribution < -0.4 is 0 Å². The van der Waals surface area contributed by atoms with Crippen LogP contribution in [-0.2, 0) is 5.41 Å². The SMILES string of the molecule is c1ccc(-c2c(-c3ccccc3)n(-c3ccccc3)c3c2ccc2c4ccccc4n(-c4ccc(-c5ccc6c(c5)C5(c7ccccc7-c7ccccc75)c5ccccc5-6)cc4)c23)cc1. The Labute approximate surface area is 377 Å². The van der Waals surface area contributed by atoms with E-state index in [1.807, 2.05) is 0 Å². The maximum absolute atomic E-state index is 2.51. The van der Waals surface area contributed by atoms with Crippen LogP contribution in [0.15, 0.2) is 243 Å². The molecule has 0 saturated carbocycles. The summed E-state index contributed by atoms with van der Waals surface area (Å²) in [5.41, 5.74) is 23.4. The number of hydrogen-bond acceptors (Lipinski definition) is 0. The summed E-state index contributed by atoms with van der Waals surface area (Å²) in [5.74, 6) is 0. The van der Waals surface area contributed by atoms with Crippen molar-refractivity contribution in [2.75, 3.05) is 0 Å². The largest absolute Gasteiger partial charge is 0.307 e. The number of para-hydroxylation sites is 2. The van der Waals surface area contributed by atoms with E-state index in [0.29, 0.717) is 0 Å². The summed E-state index contributed by atoms with van der Waals surface area (Å²) >= 11 is 0. The molecule has 2 aromatic heterocycles. The molecule has 0 saturated heterocycles. The van der Waals surface area contributed by atoms with Crippen LogP contribution in [0.1, 0.15) is 22.3 Å². The molecule has 2 heterocycles. The fraction of sp³-hybridized carbons (Fsp3) is 0.0159. The second-order valence-electron chi connectivity index (χ2n) is 17.5. The van der Waals surface area contributed by atoms with Gasteiger partial charge in [0.15, 0.2) is 0 Å². The molecule has 2 heteroatoms. The van der Waals surface area contributed by atoms with Gasteiger partial charge in [-0.3, -0.25) is 0 Å². The van der Waals surface area contributed by atoms with Crippen LogP contribution in [0.3, 0.4) is 0 Å². The van der Waals surface area contributed by atoms with E-state index in [1.54, 1.807) is 0 Å². The second kappa shape index (κ2) is 13.8. The van der Waals surface area contributed by atoms with Crippen LogP contribution in [0, 0.1) is 0 Å². The number of aromatic nitrogens is 2. The van der Waals surface area contributed by atoms with Gasteiger partial charge in [-0.1, -0.05) is 206 Å². The first-order chi connectivity index (χ1) is 32.3. The van der Waals surface area contributed by atoms with E-state index >= 15 is 0 Å². The molecule has 0 fully saturated rings. The van der Waals surface area contributed by atoms with E-state index in [-0.39, 0.29) is 5.41 Å². The summed E-state index contributed by atoms with van der Waals surface area (Å²) in [4.78, 5) is 0. The molecule has 0 unspecified atom stereocenters. The highest BCUT2D eigenvalue weighted by Crippen LogP contribution is 2.63. The molecule has 2 nitrogen and oxygen atoms in total. The third-order valence-electron chi connectivity index (χ3n) is 14.3. The number of hydrogen-bond donors (Lipinski definition) is 0. The van der Waals surface area contributed by atoms with Crippen LogP contribution in [0.4, 0.5) is 0 Å². The van der Waals surface area contributed by atoms with Crippen molar-refractivity contribution in [2.24, 2.45) is 0 Å². The summed E-state index contributed by atoms with van der Waals surface area (Å²) in [5, 5.41) is 3.68. The highest BCUT2D eigenvalue weighted by atomic mass is 15.1. The molecular weight excluding hydrogens is 785 g/mol. The molecule has 65 heavy (non-hydrogen) atoms. The maximum Gasteiger partial charge on any atom is 0.0789 e. The number of benzene rings is 10.